The van der Waals surface area contributed by atoms with Crippen LogP contribution < -0.4 is 10.6 Å². The number of hydrogen-bond acceptors (Lipinski definition) is 4. The number of rotatable bonds is 5. The molecule has 1 aromatic carbocycles. The zero-order valence-corrected chi connectivity index (χ0v) is 13.5. The fourth-order valence-electron chi connectivity index (χ4n) is 2.71. The molecule has 0 bridgehead atoms. The molecule has 2 aromatic rings. The largest absolute Gasteiger partial charge is 0.469 e. The van der Waals surface area contributed by atoms with Crippen molar-refractivity contribution in [1.82, 2.24) is 5.32 Å². The first kappa shape index (κ1) is 16.3. The van der Waals surface area contributed by atoms with Crippen molar-refractivity contribution in [2.45, 2.75) is 25.9 Å². The van der Waals surface area contributed by atoms with E-state index in [0.717, 1.165) is 19.4 Å². The third-order valence-electron chi connectivity index (χ3n) is 4.04. The zero-order valence-electron chi connectivity index (χ0n) is 13.5. The van der Waals surface area contributed by atoms with Crippen LogP contribution >= 0.6 is 0 Å². The minimum absolute atomic E-state index is 0.0734. The molecule has 0 aliphatic carbocycles. The molecule has 2 amide bonds. The minimum atomic E-state index is -0.305. The van der Waals surface area contributed by atoms with Crippen molar-refractivity contribution in [2.24, 2.45) is 0 Å². The lowest BCUT2D eigenvalue weighted by Crippen LogP contribution is -2.32. The monoisotopic (exact) mass is 328 g/mol. The Hall–Kier alpha value is -2.60. The summed E-state index contributed by atoms with van der Waals surface area (Å²) in [5, 5.41) is 5.64. The molecule has 24 heavy (non-hydrogen) atoms. The van der Waals surface area contributed by atoms with Gasteiger partial charge in [-0.05, 0) is 38.0 Å². The van der Waals surface area contributed by atoms with Crippen LogP contribution in [0.2, 0.25) is 0 Å². The molecule has 1 saturated heterocycles. The van der Waals surface area contributed by atoms with E-state index < -0.39 is 0 Å². The Morgan fingerprint density at radius 2 is 2.00 bits per heavy atom. The van der Waals surface area contributed by atoms with Gasteiger partial charge < -0.3 is 19.8 Å². The molecule has 126 valence electrons. The van der Waals surface area contributed by atoms with E-state index in [2.05, 4.69) is 10.6 Å². The van der Waals surface area contributed by atoms with Crippen LogP contribution in [0.1, 0.15) is 39.3 Å². The SMILES string of the molecule is Cc1occc1C(=O)Nc1ccccc1C(=O)NC[C@@H]1CCCO1. The van der Waals surface area contributed by atoms with Crippen molar-refractivity contribution in [2.75, 3.05) is 18.5 Å². The summed E-state index contributed by atoms with van der Waals surface area (Å²) in [6, 6.07) is 8.52. The Morgan fingerprint density at radius 1 is 1.17 bits per heavy atom. The molecule has 0 spiro atoms. The van der Waals surface area contributed by atoms with Crippen LogP contribution in [-0.4, -0.2) is 31.1 Å². The van der Waals surface area contributed by atoms with Gasteiger partial charge in [0, 0.05) is 13.2 Å². The Balaban J connectivity index is 1.69. The molecule has 0 unspecified atom stereocenters. The number of hydrogen-bond donors (Lipinski definition) is 2. The molecule has 0 saturated carbocycles. The first-order chi connectivity index (χ1) is 11.6. The van der Waals surface area contributed by atoms with Gasteiger partial charge in [0.05, 0.1) is 29.2 Å². The standard InChI is InChI=1S/C18H20N2O4/c1-12-14(8-10-23-12)18(22)20-16-7-3-2-6-15(16)17(21)19-11-13-5-4-9-24-13/h2-3,6-8,10,13H,4-5,9,11H2,1H3,(H,19,21)(H,20,22)/t13-/m0/s1. The maximum Gasteiger partial charge on any atom is 0.259 e. The van der Waals surface area contributed by atoms with Crippen molar-refractivity contribution >= 4 is 17.5 Å². The third kappa shape index (κ3) is 3.65. The molecule has 2 N–H and O–H groups in total. The van der Waals surface area contributed by atoms with Crippen LogP contribution in [0.25, 0.3) is 0 Å². The summed E-state index contributed by atoms with van der Waals surface area (Å²) in [5.74, 6) is -0.00115. The van der Waals surface area contributed by atoms with Crippen molar-refractivity contribution < 1.29 is 18.7 Å². The second-order valence-corrected chi connectivity index (χ2v) is 5.74. The summed E-state index contributed by atoms with van der Waals surface area (Å²) in [5.41, 5.74) is 1.34. The van der Waals surface area contributed by atoms with E-state index in [1.807, 2.05) is 0 Å². The average Bonchev–Trinajstić information content (AvgIpc) is 3.24. The number of amides is 2. The first-order valence-electron chi connectivity index (χ1n) is 7.99. The van der Waals surface area contributed by atoms with Gasteiger partial charge in [0.25, 0.3) is 11.8 Å². The smallest absolute Gasteiger partial charge is 0.259 e. The molecule has 1 aromatic heterocycles. The van der Waals surface area contributed by atoms with Gasteiger partial charge in [0.2, 0.25) is 0 Å². The third-order valence-corrected chi connectivity index (χ3v) is 4.04. The summed E-state index contributed by atoms with van der Waals surface area (Å²) >= 11 is 0. The number of nitrogens with one attached hydrogen (secondary N) is 2. The molecular weight excluding hydrogens is 308 g/mol. The van der Waals surface area contributed by atoms with Crippen molar-refractivity contribution in [3.63, 3.8) is 0 Å². The second-order valence-electron chi connectivity index (χ2n) is 5.74. The number of furan rings is 1. The van der Waals surface area contributed by atoms with E-state index in [-0.39, 0.29) is 17.9 Å². The maximum absolute atomic E-state index is 12.4. The Bertz CT molecular complexity index is 732. The topological polar surface area (TPSA) is 80.6 Å². The highest BCUT2D eigenvalue weighted by Gasteiger charge is 2.19. The molecule has 6 heteroatoms. The lowest BCUT2D eigenvalue weighted by atomic mass is 10.1. The van der Waals surface area contributed by atoms with Gasteiger partial charge in [0.15, 0.2) is 0 Å². The Morgan fingerprint density at radius 3 is 2.71 bits per heavy atom. The highest BCUT2D eigenvalue weighted by molar-refractivity contribution is 6.09. The molecule has 1 fully saturated rings. The van der Waals surface area contributed by atoms with E-state index >= 15 is 0 Å². The molecule has 0 radical (unpaired) electrons. The predicted octanol–water partition coefficient (Wildman–Crippen LogP) is 2.75. The predicted molar refractivity (Wildman–Crippen MR) is 89.1 cm³/mol. The first-order valence-corrected chi connectivity index (χ1v) is 7.99. The Labute approximate surface area is 140 Å². The van der Waals surface area contributed by atoms with Gasteiger partial charge in [-0.2, -0.15) is 0 Å². The zero-order chi connectivity index (χ0) is 16.9. The van der Waals surface area contributed by atoms with Crippen LogP contribution in [-0.2, 0) is 4.74 Å². The lowest BCUT2D eigenvalue weighted by Gasteiger charge is -2.13. The van der Waals surface area contributed by atoms with Crippen molar-refractivity contribution in [1.29, 1.82) is 0 Å². The fourth-order valence-corrected chi connectivity index (χ4v) is 2.71. The number of ether oxygens (including phenoxy) is 1. The molecular formula is C18H20N2O4. The van der Waals surface area contributed by atoms with Crippen molar-refractivity contribution in [3.05, 3.63) is 53.5 Å². The average molecular weight is 328 g/mol. The second kappa shape index (κ2) is 7.31. The van der Waals surface area contributed by atoms with Gasteiger partial charge in [-0.25, -0.2) is 0 Å². The van der Waals surface area contributed by atoms with E-state index in [4.69, 9.17) is 9.15 Å². The summed E-state index contributed by atoms with van der Waals surface area (Å²) in [6.07, 6.45) is 3.52. The number of aryl methyl sites for hydroxylation is 1. The van der Waals surface area contributed by atoms with Crippen LogP contribution in [0.5, 0.6) is 0 Å². The van der Waals surface area contributed by atoms with Crippen LogP contribution in [0.15, 0.2) is 41.0 Å². The van der Waals surface area contributed by atoms with Gasteiger partial charge >= 0.3 is 0 Å². The number of para-hydroxylation sites is 1. The number of carbonyl (C=O) groups excluding carboxylic acids is 2. The van der Waals surface area contributed by atoms with E-state index in [1.54, 1.807) is 37.3 Å². The quantitative estimate of drug-likeness (QED) is 0.884. The summed E-state index contributed by atoms with van der Waals surface area (Å²) < 4.78 is 10.6. The summed E-state index contributed by atoms with van der Waals surface area (Å²) in [7, 11) is 0. The number of anilines is 1. The number of benzene rings is 1. The van der Waals surface area contributed by atoms with Crippen LogP contribution in [0.4, 0.5) is 5.69 Å². The molecule has 1 aliphatic heterocycles. The Kier molecular flexibility index (Phi) is 4.96. The summed E-state index contributed by atoms with van der Waals surface area (Å²) in [4.78, 5) is 24.7. The van der Waals surface area contributed by atoms with Gasteiger partial charge in [-0.3, -0.25) is 9.59 Å². The molecule has 6 nitrogen and oxygen atoms in total. The van der Waals surface area contributed by atoms with Gasteiger partial charge in [0.1, 0.15) is 5.76 Å². The van der Waals surface area contributed by atoms with Gasteiger partial charge in [-0.15, -0.1) is 0 Å². The molecule has 1 aliphatic rings. The molecule has 2 heterocycles. The van der Waals surface area contributed by atoms with Crippen LogP contribution in [0.3, 0.4) is 0 Å². The summed E-state index contributed by atoms with van der Waals surface area (Å²) in [6.45, 7) is 2.94. The van der Waals surface area contributed by atoms with E-state index in [0.29, 0.717) is 29.1 Å². The maximum atomic E-state index is 12.4. The van der Waals surface area contributed by atoms with E-state index in [1.165, 1.54) is 6.26 Å². The molecule has 3 rings (SSSR count). The fraction of sp³-hybridized carbons (Fsp3) is 0.333. The minimum Gasteiger partial charge on any atom is -0.469 e. The normalized spacial score (nSPS) is 16.8. The van der Waals surface area contributed by atoms with Crippen LogP contribution in [0, 0.1) is 6.92 Å². The lowest BCUT2D eigenvalue weighted by molar-refractivity contribution is 0.0858. The highest BCUT2D eigenvalue weighted by Crippen LogP contribution is 2.18. The highest BCUT2D eigenvalue weighted by atomic mass is 16.5. The molecule has 1 atom stereocenters. The number of carbonyl (C=O) groups is 2. The van der Waals surface area contributed by atoms with E-state index in [9.17, 15) is 9.59 Å². The van der Waals surface area contributed by atoms with Gasteiger partial charge in [-0.1, -0.05) is 12.1 Å². The van der Waals surface area contributed by atoms with Crippen molar-refractivity contribution in [3.8, 4) is 0 Å².